The van der Waals surface area contributed by atoms with Gasteiger partial charge in [0.15, 0.2) is 0 Å². The SMILES string of the molecule is O=C(NCCCN1CCCCCC1)C1CCN(c2nc3ccccc3n2Cc2cccc(F)c2)CC1. The standard InChI is InChI=1S/C29H38FN5O/c30-25-10-7-9-23(21-25)22-35-27-12-4-3-11-26(27)32-29(35)34-19-13-24(14-20-34)28(36)31-15-8-18-33-16-5-1-2-6-17-33/h3-4,7,9-12,21,24H,1-2,5-6,8,13-20,22H2,(H,31,36). The summed E-state index contributed by atoms with van der Waals surface area (Å²) in [7, 11) is 0. The highest BCUT2D eigenvalue weighted by Crippen LogP contribution is 2.28. The number of benzene rings is 2. The number of para-hydroxylation sites is 2. The van der Waals surface area contributed by atoms with Crippen molar-refractivity contribution in [1.29, 1.82) is 0 Å². The molecule has 5 rings (SSSR count). The molecule has 0 spiro atoms. The summed E-state index contributed by atoms with van der Waals surface area (Å²) in [6.07, 6.45) is 7.99. The molecule has 7 heteroatoms. The third-order valence-electron chi connectivity index (χ3n) is 7.66. The largest absolute Gasteiger partial charge is 0.356 e. The lowest BCUT2D eigenvalue weighted by Gasteiger charge is -2.32. The molecule has 1 N–H and O–H groups in total. The van der Waals surface area contributed by atoms with E-state index in [1.165, 1.54) is 44.8 Å². The number of imidazole rings is 1. The van der Waals surface area contributed by atoms with Gasteiger partial charge in [0.05, 0.1) is 17.6 Å². The fourth-order valence-corrected chi connectivity index (χ4v) is 5.64. The maximum atomic E-state index is 13.8. The Morgan fingerprint density at radius 3 is 2.53 bits per heavy atom. The highest BCUT2D eigenvalue weighted by atomic mass is 19.1. The number of carbonyl (C=O) groups is 1. The summed E-state index contributed by atoms with van der Waals surface area (Å²) in [4.78, 5) is 22.6. The van der Waals surface area contributed by atoms with Crippen molar-refractivity contribution in [2.75, 3.05) is 44.2 Å². The summed E-state index contributed by atoms with van der Waals surface area (Å²) in [6.45, 7) is 6.40. The van der Waals surface area contributed by atoms with E-state index >= 15 is 0 Å². The summed E-state index contributed by atoms with van der Waals surface area (Å²) < 4.78 is 16.0. The quantitative estimate of drug-likeness (QED) is 0.459. The highest BCUT2D eigenvalue weighted by molar-refractivity contribution is 5.80. The van der Waals surface area contributed by atoms with E-state index in [4.69, 9.17) is 4.98 Å². The number of hydrogen-bond donors (Lipinski definition) is 1. The maximum Gasteiger partial charge on any atom is 0.223 e. The van der Waals surface area contributed by atoms with E-state index in [0.29, 0.717) is 6.54 Å². The Balaban J connectivity index is 1.17. The van der Waals surface area contributed by atoms with Gasteiger partial charge in [-0.1, -0.05) is 37.1 Å². The van der Waals surface area contributed by atoms with Crippen LogP contribution in [0.15, 0.2) is 48.5 Å². The van der Waals surface area contributed by atoms with Gasteiger partial charge >= 0.3 is 0 Å². The fourth-order valence-electron chi connectivity index (χ4n) is 5.64. The molecule has 192 valence electrons. The zero-order valence-electron chi connectivity index (χ0n) is 21.2. The molecule has 0 saturated carbocycles. The van der Waals surface area contributed by atoms with Crippen molar-refractivity contribution in [1.82, 2.24) is 19.8 Å². The van der Waals surface area contributed by atoms with Crippen LogP contribution in [0.4, 0.5) is 10.3 Å². The average Bonchev–Trinajstić information content (AvgIpc) is 3.06. The number of anilines is 1. The molecule has 0 radical (unpaired) electrons. The van der Waals surface area contributed by atoms with Crippen molar-refractivity contribution < 1.29 is 9.18 Å². The molecule has 0 aliphatic carbocycles. The average molecular weight is 492 g/mol. The second-order valence-electron chi connectivity index (χ2n) is 10.3. The molecule has 2 aliphatic rings. The van der Waals surface area contributed by atoms with Crippen molar-refractivity contribution in [2.24, 2.45) is 5.92 Å². The first-order valence-corrected chi connectivity index (χ1v) is 13.6. The molecular weight excluding hydrogens is 453 g/mol. The van der Waals surface area contributed by atoms with E-state index in [1.54, 1.807) is 12.1 Å². The van der Waals surface area contributed by atoms with Gasteiger partial charge in [0.2, 0.25) is 11.9 Å². The van der Waals surface area contributed by atoms with Crippen LogP contribution in [0.1, 0.15) is 50.5 Å². The molecule has 2 aliphatic heterocycles. The minimum Gasteiger partial charge on any atom is -0.356 e. The Morgan fingerprint density at radius 2 is 1.75 bits per heavy atom. The minimum atomic E-state index is -0.225. The molecule has 6 nitrogen and oxygen atoms in total. The molecule has 0 atom stereocenters. The van der Waals surface area contributed by atoms with E-state index in [9.17, 15) is 9.18 Å². The lowest BCUT2D eigenvalue weighted by molar-refractivity contribution is -0.125. The number of rotatable bonds is 8. The number of fused-ring (bicyclic) bond motifs is 1. The number of likely N-dealkylation sites (tertiary alicyclic amines) is 1. The van der Waals surface area contributed by atoms with Crippen molar-refractivity contribution >= 4 is 22.9 Å². The summed E-state index contributed by atoms with van der Waals surface area (Å²) in [6, 6.07) is 14.9. The number of nitrogens with one attached hydrogen (secondary N) is 1. The van der Waals surface area contributed by atoms with E-state index in [0.717, 1.165) is 68.0 Å². The van der Waals surface area contributed by atoms with Gasteiger partial charge < -0.3 is 19.7 Å². The zero-order valence-corrected chi connectivity index (χ0v) is 21.2. The predicted molar refractivity (Wildman–Crippen MR) is 143 cm³/mol. The van der Waals surface area contributed by atoms with Crippen LogP contribution in [-0.4, -0.2) is 59.6 Å². The van der Waals surface area contributed by atoms with Crippen molar-refractivity contribution in [3.05, 3.63) is 59.9 Å². The van der Waals surface area contributed by atoms with Crippen LogP contribution >= 0.6 is 0 Å². The second-order valence-corrected chi connectivity index (χ2v) is 10.3. The highest BCUT2D eigenvalue weighted by Gasteiger charge is 2.27. The second kappa shape index (κ2) is 11.9. The molecule has 2 saturated heterocycles. The number of halogens is 1. The van der Waals surface area contributed by atoms with Crippen LogP contribution in [0.2, 0.25) is 0 Å². The third-order valence-corrected chi connectivity index (χ3v) is 7.66. The number of aromatic nitrogens is 2. The van der Waals surface area contributed by atoms with Crippen molar-refractivity contribution in [2.45, 2.75) is 51.5 Å². The molecular formula is C29H38FN5O. The van der Waals surface area contributed by atoms with Crippen LogP contribution in [0.5, 0.6) is 0 Å². The van der Waals surface area contributed by atoms with Crippen LogP contribution in [0.25, 0.3) is 11.0 Å². The van der Waals surface area contributed by atoms with Gasteiger partial charge in [0.1, 0.15) is 5.82 Å². The van der Waals surface area contributed by atoms with Crippen molar-refractivity contribution in [3.63, 3.8) is 0 Å². The molecule has 3 heterocycles. The fraction of sp³-hybridized carbons (Fsp3) is 0.517. The Kier molecular flexibility index (Phi) is 8.16. The molecule has 2 aromatic carbocycles. The molecule has 1 amide bonds. The topological polar surface area (TPSA) is 53.4 Å². The van der Waals surface area contributed by atoms with E-state index < -0.39 is 0 Å². The smallest absolute Gasteiger partial charge is 0.223 e. The summed E-state index contributed by atoms with van der Waals surface area (Å²) in [5, 5.41) is 3.19. The number of carbonyl (C=O) groups excluding carboxylic acids is 1. The Hall–Kier alpha value is -2.93. The molecule has 1 aromatic heterocycles. The first kappa shape index (κ1) is 24.8. The number of nitrogens with zero attached hydrogens (tertiary/aromatic N) is 4. The lowest BCUT2D eigenvalue weighted by Crippen LogP contribution is -2.42. The Morgan fingerprint density at radius 1 is 0.972 bits per heavy atom. The third kappa shape index (κ3) is 6.06. The minimum absolute atomic E-state index is 0.0560. The summed E-state index contributed by atoms with van der Waals surface area (Å²) in [5.41, 5.74) is 2.89. The Bertz CT molecular complexity index is 1150. The van der Waals surface area contributed by atoms with E-state index in [1.807, 2.05) is 24.3 Å². The summed E-state index contributed by atoms with van der Waals surface area (Å²) in [5.74, 6) is 0.924. The number of hydrogen-bond acceptors (Lipinski definition) is 4. The van der Waals surface area contributed by atoms with Crippen LogP contribution in [0.3, 0.4) is 0 Å². The van der Waals surface area contributed by atoms with Crippen molar-refractivity contribution in [3.8, 4) is 0 Å². The van der Waals surface area contributed by atoms with Gasteiger partial charge in [-0.05, 0) is 81.6 Å². The zero-order chi connectivity index (χ0) is 24.7. The lowest BCUT2D eigenvalue weighted by atomic mass is 9.96. The molecule has 2 fully saturated rings. The van der Waals surface area contributed by atoms with Crippen LogP contribution in [-0.2, 0) is 11.3 Å². The van der Waals surface area contributed by atoms with Crippen LogP contribution in [0, 0.1) is 11.7 Å². The first-order chi connectivity index (χ1) is 17.7. The van der Waals surface area contributed by atoms with E-state index in [-0.39, 0.29) is 17.6 Å². The van der Waals surface area contributed by atoms with Gasteiger partial charge in [-0.25, -0.2) is 9.37 Å². The van der Waals surface area contributed by atoms with Gasteiger partial charge in [-0.3, -0.25) is 4.79 Å². The number of amides is 1. The van der Waals surface area contributed by atoms with Gasteiger partial charge in [-0.15, -0.1) is 0 Å². The molecule has 36 heavy (non-hydrogen) atoms. The molecule has 0 bridgehead atoms. The number of piperidine rings is 1. The normalized spacial score (nSPS) is 17.9. The monoisotopic (exact) mass is 491 g/mol. The maximum absolute atomic E-state index is 13.8. The van der Waals surface area contributed by atoms with E-state index in [2.05, 4.69) is 25.8 Å². The predicted octanol–water partition coefficient (Wildman–Crippen LogP) is 4.82. The van der Waals surface area contributed by atoms with Gasteiger partial charge in [-0.2, -0.15) is 0 Å². The van der Waals surface area contributed by atoms with Gasteiger partial charge in [0.25, 0.3) is 0 Å². The first-order valence-electron chi connectivity index (χ1n) is 13.6. The molecule has 3 aromatic rings. The molecule has 0 unspecified atom stereocenters. The van der Waals surface area contributed by atoms with Crippen LogP contribution < -0.4 is 10.2 Å². The van der Waals surface area contributed by atoms with Gasteiger partial charge in [0, 0.05) is 25.6 Å². The summed E-state index contributed by atoms with van der Waals surface area (Å²) >= 11 is 0. The Labute approximate surface area is 213 Å².